The Morgan fingerprint density at radius 3 is 3.00 bits per heavy atom. The Labute approximate surface area is 105 Å². The molecule has 1 N–H and O–H groups in total. The second-order valence-electron chi connectivity index (χ2n) is 3.91. The molecule has 0 unspecified atom stereocenters. The Hall–Kier alpha value is -2.57. The van der Waals surface area contributed by atoms with E-state index in [4.69, 9.17) is 0 Å². The maximum atomic E-state index is 12.6. The van der Waals surface area contributed by atoms with Crippen LogP contribution in [-0.2, 0) is 0 Å². The Bertz CT molecular complexity index is 794. The molecule has 19 heavy (non-hydrogen) atoms. The monoisotopic (exact) mass is 262 g/mol. The summed E-state index contributed by atoms with van der Waals surface area (Å²) in [4.78, 5) is 17.9. The number of aromatic nitrogens is 4. The predicted octanol–water partition coefficient (Wildman–Crippen LogP) is 2.02. The van der Waals surface area contributed by atoms with Gasteiger partial charge in [0.2, 0.25) is 0 Å². The molecule has 3 aromatic rings. The first-order chi connectivity index (χ1) is 9.16. The average molecular weight is 262 g/mol. The van der Waals surface area contributed by atoms with E-state index < -0.39 is 6.43 Å². The first-order valence-electron chi connectivity index (χ1n) is 5.46. The lowest BCUT2D eigenvalue weighted by Gasteiger charge is -2.02. The van der Waals surface area contributed by atoms with Gasteiger partial charge >= 0.3 is 0 Å². The molecule has 0 saturated heterocycles. The van der Waals surface area contributed by atoms with Crippen LogP contribution in [0.5, 0.6) is 0 Å². The second-order valence-corrected chi connectivity index (χ2v) is 3.91. The lowest BCUT2D eigenvalue weighted by Crippen LogP contribution is -2.08. The Morgan fingerprint density at radius 1 is 1.37 bits per heavy atom. The molecule has 0 aliphatic heterocycles. The van der Waals surface area contributed by atoms with Gasteiger partial charge in [0.25, 0.3) is 12.0 Å². The van der Waals surface area contributed by atoms with E-state index in [1.54, 1.807) is 12.3 Å². The third-order valence-electron chi connectivity index (χ3n) is 2.76. The van der Waals surface area contributed by atoms with Gasteiger partial charge < -0.3 is 4.98 Å². The molecule has 7 heteroatoms. The van der Waals surface area contributed by atoms with Crippen molar-refractivity contribution >= 4 is 5.52 Å². The SMILES string of the molecule is O=c1[nH]ccn2ncc(-c3ccnc(C(F)F)c3)c12. The largest absolute Gasteiger partial charge is 0.326 e. The number of halogens is 2. The lowest BCUT2D eigenvalue weighted by molar-refractivity contribution is 0.146. The van der Waals surface area contributed by atoms with Crippen molar-refractivity contribution in [2.45, 2.75) is 6.43 Å². The number of rotatable bonds is 2. The molecule has 0 bridgehead atoms. The van der Waals surface area contributed by atoms with E-state index in [0.717, 1.165) is 0 Å². The van der Waals surface area contributed by atoms with Crippen LogP contribution in [0.15, 0.2) is 41.7 Å². The van der Waals surface area contributed by atoms with Crippen molar-refractivity contribution in [3.63, 3.8) is 0 Å². The summed E-state index contributed by atoms with van der Waals surface area (Å²) in [5.41, 5.74) is 0.631. The van der Waals surface area contributed by atoms with Gasteiger partial charge in [0.05, 0.1) is 6.20 Å². The number of H-pyrrole nitrogens is 1. The standard InChI is InChI=1S/C12H8F2N4O/c13-11(14)9-5-7(1-2-15-9)8-6-17-18-4-3-16-12(19)10(8)18/h1-6,11H,(H,16,19). The topological polar surface area (TPSA) is 63.0 Å². The van der Waals surface area contributed by atoms with Crippen LogP contribution in [-0.4, -0.2) is 19.6 Å². The first-order valence-corrected chi connectivity index (χ1v) is 5.46. The third-order valence-corrected chi connectivity index (χ3v) is 2.76. The fourth-order valence-corrected chi connectivity index (χ4v) is 1.90. The van der Waals surface area contributed by atoms with Gasteiger partial charge in [-0.3, -0.25) is 9.78 Å². The van der Waals surface area contributed by atoms with Crippen molar-refractivity contribution < 1.29 is 8.78 Å². The zero-order valence-electron chi connectivity index (χ0n) is 9.55. The van der Waals surface area contributed by atoms with Gasteiger partial charge in [0, 0.05) is 24.2 Å². The molecular formula is C12H8F2N4O. The van der Waals surface area contributed by atoms with Crippen LogP contribution < -0.4 is 5.56 Å². The molecule has 0 saturated carbocycles. The molecule has 3 heterocycles. The molecule has 0 spiro atoms. The molecule has 0 amide bonds. The highest BCUT2D eigenvalue weighted by molar-refractivity contribution is 5.79. The number of aromatic amines is 1. The number of pyridine rings is 1. The molecule has 5 nitrogen and oxygen atoms in total. The van der Waals surface area contributed by atoms with Crippen LogP contribution >= 0.6 is 0 Å². The van der Waals surface area contributed by atoms with Crippen molar-refractivity contribution in [1.82, 2.24) is 19.6 Å². The van der Waals surface area contributed by atoms with Crippen molar-refractivity contribution in [2.75, 3.05) is 0 Å². The highest BCUT2D eigenvalue weighted by Gasteiger charge is 2.13. The third kappa shape index (κ3) is 1.88. The summed E-state index contributed by atoms with van der Waals surface area (Å²) in [5.74, 6) is 0. The Kier molecular flexibility index (Phi) is 2.59. The Morgan fingerprint density at radius 2 is 2.21 bits per heavy atom. The van der Waals surface area contributed by atoms with E-state index in [0.29, 0.717) is 16.6 Å². The molecule has 0 aliphatic carbocycles. The number of hydrogen-bond donors (Lipinski definition) is 1. The maximum Gasteiger partial charge on any atom is 0.280 e. The highest BCUT2D eigenvalue weighted by atomic mass is 19.3. The highest BCUT2D eigenvalue weighted by Crippen LogP contribution is 2.25. The summed E-state index contributed by atoms with van der Waals surface area (Å²) >= 11 is 0. The summed E-state index contributed by atoms with van der Waals surface area (Å²) in [7, 11) is 0. The van der Waals surface area contributed by atoms with Gasteiger partial charge in [-0.25, -0.2) is 13.3 Å². The lowest BCUT2D eigenvalue weighted by atomic mass is 10.1. The summed E-state index contributed by atoms with van der Waals surface area (Å²) in [6.45, 7) is 0. The van der Waals surface area contributed by atoms with Gasteiger partial charge in [0.15, 0.2) is 0 Å². The number of alkyl halides is 2. The van der Waals surface area contributed by atoms with Crippen molar-refractivity contribution in [3.05, 3.63) is 53.0 Å². The van der Waals surface area contributed by atoms with Crippen LogP contribution in [0.3, 0.4) is 0 Å². The van der Waals surface area contributed by atoms with Gasteiger partial charge in [-0.15, -0.1) is 0 Å². The maximum absolute atomic E-state index is 12.6. The van der Waals surface area contributed by atoms with Crippen LogP contribution in [0, 0.1) is 0 Å². The molecule has 3 rings (SSSR count). The van der Waals surface area contributed by atoms with E-state index in [-0.39, 0.29) is 11.3 Å². The molecule has 0 aromatic carbocycles. The number of nitrogens with zero attached hydrogens (tertiary/aromatic N) is 3. The number of hydrogen-bond acceptors (Lipinski definition) is 3. The predicted molar refractivity (Wildman–Crippen MR) is 64.0 cm³/mol. The van der Waals surface area contributed by atoms with Gasteiger partial charge in [-0.1, -0.05) is 0 Å². The fourth-order valence-electron chi connectivity index (χ4n) is 1.90. The molecule has 0 aliphatic rings. The van der Waals surface area contributed by atoms with Gasteiger partial charge in [-0.05, 0) is 17.7 Å². The quantitative estimate of drug-likeness (QED) is 0.768. The molecular weight excluding hydrogens is 254 g/mol. The molecule has 96 valence electrons. The Balaban J connectivity index is 2.25. The summed E-state index contributed by atoms with van der Waals surface area (Å²) < 4.78 is 26.7. The van der Waals surface area contributed by atoms with Gasteiger partial charge in [0.1, 0.15) is 11.2 Å². The smallest absolute Gasteiger partial charge is 0.280 e. The van der Waals surface area contributed by atoms with E-state index in [1.807, 2.05) is 0 Å². The van der Waals surface area contributed by atoms with E-state index in [1.165, 1.54) is 29.2 Å². The van der Waals surface area contributed by atoms with Crippen molar-refractivity contribution in [3.8, 4) is 11.1 Å². The number of fused-ring (bicyclic) bond motifs is 1. The van der Waals surface area contributed by atoms with E-state index in [9.17, 15) is 13.6 Å². The van der Waals surface area contributed by atoms with E-state index in [2.05, 4.69) is 15.1 Å². The molecule has 3 aromatic heterocycles. The average Bonchev–Trinajstić information content (AvgIpc) is 2.84. The zero-order chi connectivity index (χ0) is 13.4. The van der Waals surface area contributed by atoms with E-state index >= 15 is 0 Å². The van der Waals surface area contributed by atoms with Crippen LogP contribution in [0.25, 0.3) is 16.6 Å². The van der Waals surface area contributed by atoms with Crippen molar-refractivity contribution in [2.24, 2.45) is 0 Å². The minimum Gasteiger partial charge on any atom is -0.326 e. The molecule has 0 fully saturated rings. The first kappa shape index (κ1) is 11.5. The minimum absolute atomic E-state index is 0.314. The van der Waals surface area contributed by atoms with Crippen molar-refractivity contribution in [1.29, 1.82) is 0 Å². The summed E-state index contributed by atoms with van der Waals surface area (Å²) in [6.07, 6.45) is 3.14. The van der Waals surface area contributed by atoms with Crippen LogP contribution in [0.1, 0.15) is 12.1 Å². The van der Waals surface area contributed by atoms with Gasteiger partial charge in [-0.2, -0.15) is 5.10 Å². The normalized spacial score (nSPS) is 11.3. The number of nitrogens with one attached hydrogen (secondary N) is 1. The summed E-state index contributed by atoms with van der Waals surface area (Å²) in [5, 5.41) is 4.02. The minimum atomic E-state index is -2.65. The second kappa shape index (κ2) is 4.27. The van der Waals surface area contributed by atoms with Crippen LogP contribution in [0.2, 0.25) is 0 Å². The zero-order valence-corrected chi connectivity index (χ0v) is 9.55. The fraction of sp³-hybridized carbons (Fsp3) is 0.0833. The van der Waals surface area contributed by atoms with Crippen LogP contribution in [0.4, 0.5) is 8.78 Å². The molecule has 0 atom stereocenters. The molecule has 0 radical (unpaired) electrons. The summed E-state index contributed by atoms with van der Waals surface area (Å²) in [6, 6.07) is 2.82.